The number of alkyl halides is 3. The minimum atomic E-state index is -4.82. The summed E-state index contributed by atoms with van der Waals surface area (Å²) in [5.41, 5.74) is 3.58. The minimum Gasteiger partial charge on any atom is -0.406 e. The molecule has 1 heterocycles. The Kier molecular flexibility index (Phi) is 8.74. The smallest absolute Gasteiger partial charge is 0.406 e. The lowest BCUT2D eigenvalue weighted by atomic mass is 10.1. The number of rotatable bonds is 8. The van der Waals surface area contributed by atoms with E-state index in [1.807, 2.05) is 0 Å². The molecular formula is C28H25F4N7O3. The van der Waals surface area contributed by atoms with E-state index in [4.69, 9.17) is 0 Å². The molecule has 0 atom stereocenters. The van der Waals surface area contributed by atoms with Crippen molar-refractivity contribution in [3.63, 3.8) is 0 Å². The summed E-state index contributed by atoms with van der Waals surface area (Å²) in [4.78, 5) is 32.6. The molecule has 0 bridgehead atoms. The monoisotopic (exact) mass is 583 g/mol. The highest BCUT2D eigenvalue weighted by Gasteiger charge is 2.31. The summed E-state index contributed by atoms with van der Waals surface area (Å²) in [5, 5.41) is 13.6. The van der Waals surface area contributed by atoms with Crippen LogP contribution >= 0.6 is 0 Å². The summed E-state index contributed by atoms with van der Waals surface area (Å²) in [6.07, 6.45) is -3.81. The van der Waals surface area contributed by atoms with Crippen molar-refractivity contribution in [2.45, 2.75) is 20.2 Å². The first-order valence-corrected chi connectivity index (χ1v) is 12.3. The van der Waals surface area contributed by atoms with Crippen molar-refractivity contribution < 1.29 is 31.9 Å². The molecule has 14 heteroatoms. The summed E-state index contributed by atoms with van der Waals surface area (Å²) in [7, 11) is 1.53. The van der Waals surface area contributed by atoms with Gasteiger partial charge in [-0.1, -0.05) is 6.07 Å². The molecule has 0 saturated heterocycles. The number of carbonyl (C=O) groups excluding carboxylic acids is 2. The van der Waals surface area contributed by atoms with E-state index in [0.717, 1.165) is 23.9 Å². The number of anilines is 6. The van der Waals surface area contributed by atoms with Gasteiger partial charge in [-0.15, -0.1) is 13.2 Å². The minimum absolute atomic E-state index is 0.0937. The summed E-state index contributed by atoms with van der Waals surface area (Å²) in [5.74, 6) is -1.39. The number of hydrogen-bond donors (Lipinski definition) is 5. The molecule has 10 nitrogen and oxygen atoms in total. The van der Waals surface area contributed by atoms with Crippen molar-refractivity contribution in [1.29, 1.82) is 0 Å². The van der Waals surface area contributed by atoms with Crippen molar-refractivity contribution in [1.82, 2.24) is 15.3 Å². The lowest BCUT2D eigenvalue weighted by molar-refractivity contribution is -0.274. The number of ether oxygens (including phenoxy) is 1. The van der Waals surface area contributed by atoms with E-state index in [0.29, 0.717) is 28.2 Å². The molecule has 0 saturated carbocycles. The van der Waals surface area contributed by atoms with E-state index in [1.165, 1.54) is 19.2 Å². The van der Waals surface area contributed by atoms with Gasteiger partial charge in [0.05, 0.1) is 6.20 Å². The summed E-state index contributed by atoms with van der Waals surface area (Å²) in [6.45, 7) is 3.54. The lowest BCUT2D eigenvalue weighted by Crippen LogP contribution is -2.20. The van der Waals surface area contributed by atoms with Crippen LogP contribution in [0.25, 0.3) is 0 Å². The van der Waals surface area contributed by atoms with E-state index < -0.39 is 24.0 Å². The van der Waals surface area contributed by atoms with E-state index in [1.54, 1.807) is 50.2 Å². The summed E-state index contributed by atoms with van der Waals surface area (Å²) >= 11 is 0. The van der Waals surface area contributed by atoms with Crippen LogP contribution in [0.1, 0.15) is 21.5 Å². The molecular weight excluding hydrogens is 558 g/mol. The number of carbonyl (C=O) groups is 2. The first-order chi connectivity index (χ1) is 19.9. The standard InChI is InChI=1S/C28H25F4N7O3/c1-15-4-5-19(13-21(15)25(40)33-3)35-26-34-14-22(29)24(39-26)38-23-11-8-18(12-16(23)2)37-27(41)36-17-6-9-20(10-7-17)42-28(30,31)32/h4-14H,1-3H3,(H,33,40)(H2,36,37,41)(H2,34,35,38,39). The van der Waals surface area contributed by atoms with Crippen molar-refractivity contribution in [2.75, 3.05) is 28.3 Å². The number of nitrogens with zero attached hydrogens (tertiary/aromatic N) is 2. The highest BCUT2D eigenvalue weighted by atomic mass is 19.4. The Morgan fingerprint density at radius 1 is 0.833 bits per heavy atom. The zero-order chi connectivity index (χ0) is 30.4. The molecule has 0 aliphatic rings. The van der Waals surface area contributed by atoms with Crippen LogP contribution in [0.15, 0.2) is 66.9 Å². The number of benzene rings is 3. The second-order valence-corrected chi connectivity index (χ2v) is 8.93. The van der Waals surface area contributed by atoms with Crippen LogP contribution in [-0.4, -0.2) is 35.3 Å². The fraction of sp³-hybridized carbons (Fsp3) is 0.143. The molecule has 42 heavy (non-hydrogen) atoms. The number of urea groups is 1. The molecule has 0 radical (unpaired) electrons. The maximum Gasteiger partial charge on any atom is 0.573 e. The van der Waals surface area contributed by atoms with Crippen molar-refractivity contribution in [3.8, 4) is 5.75 Å². The number of amides is 3. The molecule has 4 rings (SSSR count). The molecule has 1 aromatic heterocycles. The molecule has 0 aliphatic heterocycles. The van der Waals surface area contributed by atoms with Gasteiger partial charge in [0.1, 0.15) is 5.75 Å². The second kappa shape index (κ2) is 12.4. The second-order valence-electron chi connectivity index (χ2n) is 8.93. The predicted molar refractivity (Wildman–Crippen MR) is 150 cm³/mol. The normalized spacial score (nSPS) is 10.9. The van der Waals surface area contributed by atoms with Gasteiger partial charge in [0, 0.05) is 35.4 Å². The lowest BCUT2D eigenvalue weighted by Gasteiger charge is -2.14. The number of aromatic nitrogens is 2. The molecule has 218 valence electrons. The molecule has 0 spiro atoms. The first-order valence-electron chi connectivity index (χ1n) is 12.3. The number of aryl methyl sites for hydroxylation is 2. The van der Waals surface area contributed by atoms with Crippen molar-refractivity contribution in [3.05, 3.63) is 89.4 Å². The number of halogens is 4. The van der Waals surface area contributed by atoms with Crippen molar-refractivity contribution >= 4 is 46.5 Å². The Morgan fingerprint density at radius 3 is 2.17 bits per heavy atom. The summed E-state index contributed by atoms with van der Waals surface area (Å²) < 4.78 is 55.3. The Hall–Kier alpha value is -5.40. The molecule has 0 aliphatic carbocycles. The first kappa shape index (κ1) is 29.6. The molecule has 0 unspecified atom stereocenters. The Morgan fingerprint density at radius 2 is 1.50 bits per heavy atom. The van der Waals surface area contributed by atoms with Gasteiger partial charge in [-0.05, 0) is 79.6 Å². The van der Waals surface area contributed by atoms with Crippen LogP contribution in [0, 0.1) is 19.7 Å². The van der Waals surface area contributed by atoms with E-state index in [-0.39, 0.29) is 23.4 Å². The SMILES string of the molecule is CNC(=O)c1cc(Nc2ncc(F)c(Nc3ccc(NC(=O)Nc4ccc(OC(F)(F)F)cc4)cc3C)n2)ccc1C. The number of hydrogen-bond acceptors (Lipinski definition) is 7. The van der Waals surface area contributed by atoms with Gasteiger partial charge in [0.2, 0.25) is 5.95 Å². The Bertz CT molecular complexity index is 1610. The van der Waals surface area contributed by atoms with Crippen LogP contribution in [0.5, 0.6) is 5.75 Å². The maximum atomic E-state index is 14.6. The van der Waals surface area contributed by atoms with Crippen LogP contribution in [-0.2, 0) is 0 Å². The quantitative estimate of drug-likeness (QED) is 0.147. The highest BCUT2D eigenvalue weighted by Crippen LogP contribution is 2.27. The summed E-state index contributed by atoms with van der Waals surface area (Å²) in [6, 6.07) is 14.0. The molecule has 4 aromatic rings. The maximum absolute atomic E-state index is 14.6. The Labute approximate surface area is 237 Å². The average molecular weight is 584 g/mol. The predicted octanol–water partition coefficient (Wildman–Crippen LogP) is 6.62. The zero-order valence-electron chi connectivity index (χ0n) is 22.5. The number of nitrogens with one attached hydrogen (secondary N) is 5. The molecule has 5 N–H and O–H groups in total. The van der Waals surface area contributed by atoms with Crippen LogP contribution in [0.3, 0.4) is 0 Å². The fourth-order valence-corrected chi connectivity index (χ4v) is 3.77. The average Bonchev–Trinajstić information content (AvgIpc) is 2.93. The third kappa shape index (κ3) is 7.84. The van der Waals surface area contributed by atoms with Gasteiger partial charge in [0.25, 0.3) is 5.91 Å². The van der Waals surface area contributed by atoms with E-state index in [9.17, 15) is 27.2 Å². The largest absolute Gasteiger partial charge is 0.573 e. The van der Waals surface area contributed by atoms with E-state index >= 15 is 0 Å². The van der Waals surface area contributed by atoms with Gasteiger partial charge in [-0.3, -0.25) is 4.79 Å². The molecule has 3 amide bonds. The Balaban J connectivity index is 1.40. The van der Waals surface area contributed by atoms with Crippen LogP contribution in [0.2, 0.25) is 0 Å². The fourth-order valence-electron chi connectivity index (χ4n) is 3.77. The molecule has 0 fully saturated rings. The van der Waals surface area contributed by atoms with Gasteiger partial charge in [0.15, 0.2) is 11.6 Å². The van der Waals surface area contributed by atoms with Gasteiger partial charge in [-0.25, -0.2) is 14.2 Å². The van der Waals surface area contributed by atoms with Gasteiger partial charge in [-0.2, -0.15) is 4.98 Å². The zero-order valence-corrected chi connectivity index (χ0v) is 22.5. The third-order valence-electron chi connectivity index (χ3n) is 5.79. The third-order valence-corrected chi connectivity index (χ3v) is 5.79. The van der Waals surface area contributed by atoms with Crippen LogP contribution in [0.4, 0.5) is 56.9 Å². The highest BCUT2D eigenvalue weighted by molar-refractivity contribution is 6.00. The topological polar surface area (TPSA) is 129 Å². The van der Waals surface area contributed by atoms with Crippen molar-refractivity contribution in [2.24, 2.45) is 0 Å². The van der Waals surface area contributed by atoms with E-state index in [2.05, 4.69) is 41.3 Å². The molecule has 3 aromatic carbocycles. The van der Waals surface area contributed by atoms with Gasteiger partial charge >= 0.3 is 12.4 Å². The van der Waals surface area contributed by atoms with Gasteiger partial charge < -0.3 is 31.3 Å². The van der Waals surface area contributed by atoms with Crippen LogP contribution < -0.4 is 31.3 Å².